The van der Waals surface area contributed by atoms with Crippen molar-refractivity contribution in [2.45, 2.75) is 6.18 Å². The van der Waals surface area contributed by atoms with E-state index in [4.69, 9.17) is 0 Å². The SMILES string of the molecule is Fc1ccc(Nc2nccc(Nc3cccc(C(F)(F)F)c3)n2)cc1F. The van der Waals surface area contributed by atoms with Crippen LogP contribution in [-0.4, -0.2) is 9.97 Å². The standard InChI is InChI=1S/C17H11F5N4/c18-13-5-4-12(9-14(13)19)25-16-23-7-6-15(26-16)24-11-3-1-2-10(8-11)17(20,21)22/h1-9H,(H2,23,24,25,26). The maximum atomic E-state index is 13.2. The molecule has 3 aromatic rings. The van der Waals surface area contributed by atoms with Crippen LogP contribution in [0.1, 0.15) is 5.56 Å². The Labute approximate surface area is 144 Å². The summed E-state index contributed by atoms with van der Waals surface area (Å²) in [6, 6.07) is 9.28. The van der Waals surface area contributed by atoms with Crippen LogP contribution in [0.4, 0.5) is 45.1 Å². The highest BCUT2D eigenvalue weighted by atomic mass is 19.4. The highest BCUT2D eigenvalue weighted by Gasteiger charge is 2.30. The molecule has 0 amide bonds. The number of benzene rings is 2. The second-order valence-corrected chi connectivity index (χ2v) is 5.22. The Hall–Kier alpha value is -3.23. The van der Waals surface area contributed by atoms with E-state index in [-0.39, 0.29) is 23.1 Å². The lowest BCUT2D eigenvalue weighted by molar-refractivity contribution is -0.137. The third-order valence-electron chi connectivity index (χ3n) is 3.29. The van der Waals surface area contributed by atoms with E-state index in [2.05, 4.69) is 20.6 Å². The molecule has 134 valence electrons. The second-order valence-electron chi connectivity index (χ2n) is 5.22. The summed E-state index contributed by atoms with van der Waals surface area (Å²) in [6.07, 6.45) is -3.09. The van der Waals surface area contributed by atoms with Gasteiger partial charge in [-0.05, 0) is 36.4 Å². The van der Waals surface area contributed by atoms with Gasteiger partial charge in [0.15, 0.2) is 11.6 Å². The largest absolute Gasteiger partial charge is 0.416 e. The number of rotatable bonds is 4. The van der Waals surface area contributed by atoms with Crippen molar-refractivity contribution >= 4 is 23.1 Å². The minimum absolute atomic E-state index is 0.0629. The maximum Gasteiger partial charge on any atom is 0.416 e. The first-order valence-electron chi connectivity index (χ1n) is 7.31. The molecule has 0 saturated heterocycles. The molecule has 26 heavy (non-hydrogen) atoms. The molecule has 3 rings (SSSR count). The molecular formula is C17H11F5N4. The highest BCUT2D eigenvalue weighted by molar-refractivity contribution is 5.60. The first-order chi connectivity index (χ1) is 12.3. The molecule has 0 aliphatic carbocycles. The Morgan fingerprint density at radius 2 is 1.58 bits per heavy atom. The molecule has 1 heterocycles. The van der Waals surface area contributed by atoms with Gasteiger partial charge in [0.1, 0.15) is 5.82 Å². The first kappa shape index (κ1) is 17.6. The summed E-state index contributed by atoms with van der Waals surface area (Å²) >= 11 is 0. The third-order valence-corrected chi connectivity index (χ3v) is 3.29. The summed E-state index contributed by atoms with van der Waals surface area (Å²) in [6.45, 7) is 0. The zero-order chi connectivity index (χ0) is 18.7. The van der Waals surface area contributed by atoms with Crippen LogP contribution in [0.5, 0.6) is 0 Å². The predicted molar refractivity (Wildman–Crippen MR) is 86.4 cm³/mol. The van der Waals surface area contributed by atoms with E-state index in [0.717, 1.165) is 24.3 Å². The first-order valence-corrected chi connectivity index (χ1v) is 7.31. The smallest absolute Gasteiger partial charge is 0.340 e. The summed E-state index contributed by atoms with van der Waals surface area (Å²) in [5.74, 6) is -1.73. The highest BCUT2D eigenvalue weighted by Crippen LogP contribution is 2.31. The maximum absolute atomic E-state index is 13.2. The van der Waals surface area contributed by atoms with Gasteiger partial charge in [-0.15, -0.1) is 0 Å². The summed E-state index contributed by atoms with van der Waals surface area (Å²) in [7, 11) is 0. The predicted octanol–water partition coefficient (Wildman–Crippen LogP) is 5.26. The number of hydrogen-bond donors (Lipinski definition) is 2. The number of anilines is 4. The van der Waals surface area contributed by atoms with Crippen molar-refractivity contribution in [3.05, 3.63) is 71.9 Å². The van der Waals surface area contributed by atoms with Gasteiger partial charge in [-0.1, -0.05) is 6.07 Å². The molecule has 0 unspecified atom stereocenters. The summed E-state index contributed by atoms with van der Waals surface area (Å²) < 4.78 is 64.4. The zero-order valence-corrected chi connectivity index (χ0v) is 13.0. The molecule has 0 atom stereocenters. The number of nitrogens with zero attached hydrogens (tertiary/aromatic N) is 2. The molecule has 0 bridgehead atoms. The van der Waals surface area contributed by atoms with Crippen molar-refractivity contribution in [1.82, 2.24) is 9.97 Å². The molecule has 4 nitrogen and oxygen atoms in total. The van der Waals surface area contributed by atoms with E-state index in [1.54, 1.807) is 0 Å². The van der Waals surface area contributed by atoms with Gasteiger partial charge in [0.25, 0.3) is 0 Å². The van der Waals surface area contributed by atoms with Crippen LogP contribution < -0.4 is 10.6 Å². The van der Waals surface area contributed by atoms with E-state index in [0.29, 0.717) is 0 Å². The van der Waals surface area contributed by atoms with Gasteiger partial charge in [-0.25, -0.2) is 13.8 Å². The minimum Gasteiger partial charge on any atom is -0.340 e. The Kier molecular flexibility index (Phi) is 4.70. The number of halogens is 5. The van der Waals surface area contributed by atoms with Crippen LogP contribution in [0, 0.1) is 11.6 Å². The van der Waals surface area contributed by atoms with E-state index in [1.807, 2.05) is 0 Å². The number of hydrogen-bond acceptors (Lipinski definition) is 4. The number of aromatic nitrogens is 2. The van der Waals surface area contributed by atoms with Gasteiger partial charge < -0.3 is 10.6 Å². The zero-order valence-electron chi connectivity index (χ0n) is 13.0. The van der Waals surface area contributed by atoms with Crippen molar-refractivity contribution in [3.63, 3.8) is 0 Å². The average Bonchev–Trinajstić information content (AvgIpc) is 2.58. The fraction of sp³-hybridized carbons (Fsp3) is 0.0588. The van der Waals surface area contributed by atoms with Crippen LogP contribution in [0.15, 0.2) is 54.7 Å². The van der Waals surface area contributed by atoms with Crippen LogP contribution in [0.2, 0.25) is 0 Å². The quantitative estimate of drug-likeness (QED) is 0.619. The summed E-state index contributed by atoms with van der Waals surface area (Å²) in [5.41, 5.74) is -0.380. The van der Waals surface area contributed by atoms with Gasteiger partial charge in [-0.3, -0.25) is 0 Å². The number of alkyl halides is 3. The topological polar surface area (TPSA) is 49.8 Å². The molecule has 0 aliphatic rings. The van der Waals surface area contributed by atoms with Crippen LogP contribution >= 0.6 is 0 Å². The molecule has 0 aliphatic heterocycles. The average molecular weight is 366 g/mol. The Morgan fingerprint density at radius 3 is 2.31 bits per heavy atom. The molecule has 0 spiro atoms. The van der Waals surface area contributed by atoms with Crippen molar-refractivity contribution < 1.29 is 22.0 Å². The van der Waals surface area contributed by atoms with Crippen molar-refractivity contribution in [2.75, 3.05) is 10.6 Å². The van der Waals surface area contributed by atoms with E-state index < -0.39 is 23.4 Å². The molecule has 1 aromatic heterocycles. The molecule has 2 N–H and O–H groups in total. The Balaban J connectivity index is 1.78. The molecule has 0 radical (unpaired) electrons. The lowest BCUT2D eigenvalue weighted by atomic mass is 10.2. The van der Waals surface area contributed by atoms with Gasteiger partial charge in [0.2, 0.25) is 5.95 Å². The molecule has 9 heteroatoms. The van der Waals surface area contributed by atoms with Crippen LogP contribution in [0.3, 0.4) is 0 Å². The number of nitrogens with one attached hydrogen (secondary N) is 2. The van der Waals surface area contributed by atoms with Gasteiger partial charge in [0.05, 0.1) is 5.56 Å². The molecule has 2 aromatic carbocycles. The monoisotopic (exact) mass is 366 g/mol. The summed E-state index contributed by atoms with van der Waals surface area (Å²) in [5, 5.41) is 5.42. The normalized spacial score (nSPS) is 11.3. The van der Waals surface area contributed by atoms with E-state index in [1.165, 1.54) is 30.5 Å². The fourth-order valence-electron chi connectivity index (χ4n) is 2.11. The van der Waals surface area contributed by atoms with Crippen molar-refractivity contribution in [3.8, 4) is 0 Å². The fourth-order valence-corrected chi connectivity index (χ4v) is 2.11. The molecule has 0 saturated carbocycles. The van der Waals surface area contributed by atoms with Crippen LogP contribution in [-0.2, 0) is 6.18 Å². The van der Waals surface area contributed by atoms with E-state index >= 15 is 0 Å². The van der Waals surface area contributed by atoms with Gasteiger partial charge in [0, 0.05) is 23.6 Å². The van der Waals surface area contributed by atoms with Crippen LogP contribution in [0.25, 0.3) is 0 Å². The van der Waals surface area contributed by atoms with Gasteiger partial charge in [-0.2, -0.15) is 18.2 Å². The summed E-state index contributed by atoms with van der Waals surface area (Å²) in [4.78, 5) is 8.00. The van der Waals surface area contributed by atoms with Crippen molar-refractivity contribution in [2.24, 2.45) is 0 Å². The molecule has 0 fully saturated rings. The Morgan fingerprint density at radius 1 is 0.808 bits per heavy atom. The van der Waals surface area contributed by atoms with Gasteiger partial charge >= 0.3 is 6.18 Å². The third kappa shape index (κ3) is 4.24. The lowest BCUT2D eigenvalue weighted by Gasteiger charge is -2.11. The Bertz CT molecular complexity index is 927. The van der Waals surface area contributed by atoms with Crippen molar-refractivity contribution in [1.29, 1.82) is 0 Å². The van der Waals surface area contributed by atoms with E-state index in [9.17, 15) is 22.0 Å². The second kappa shape index (κ2) is 6.95. The lowest BCUT2D eigenvalue weighted by Crippen LogP contribution is -2.05. The minimum atomic E-state index is -4.46. The molecular weight excluding hydrogens is 355 g/mol.